The summed E-state index contributed by atoms with van der Waals surface area (Å²) in [6.07, 6.45) is 2.77. The Kier molecular flexibility index (Phi) is 7.19. The smallest absolute Gasteiger partial charge is 0.240 e. The maximum absolute atomic E-state index is 12.0. The minimum atomic E-state index is -3.35. The molecule has 0 heterocycles. The van der Waals surface area contributed by atoms with Gasteiger partial charge in [-0.2, -0.15) is 0 Å². The second-order valence-electron chi connectivity index (χ2n) is 4.91. The van der Waals surface area contributed by atoms with E-state index in [1.807, 2.05) is 19.1 Å². The van der Waals surface area contributed by atoms with Gasteiger partial charge in [0.2, 0.25) is 10.0 Å². The van der Waals surface area contributed by atoms with Crippen molar-refractivity contribution in [3.05, 3.63) is 29.8 Å². The minimum absolute atomic E-state index is 0.339. The molecule has 1 aromatic rings. The number of likely N-dealkylation sites (N-methyl/N-ethyl adjacent to an activating group) is 1. The molecule has 1 aromatic carbocycles. The van der Waals surface area contributed by atoms with Crippen molar-refractivity contribution in [3.63, 3.8) is 0 Å². The first-order valence-electron chi connectivity index (χ1n) is 7.35. The minimum Gasteiger partial charge on any atom is -0.314 e. The highest BCUT2D eigenvalue weighted by molar-refractivity contribution is 7.89. The van der Waals surface area contributed by atoms with Gasteiger partial charge in [0, 0.05) is 12.6 Å². The molecular weight excluding hydrogens is 272 g/mol. The van der Waals surface area contributed by atoms with E-state index in [9.17, 15) is 8.42 Å². The van der Waals surface area contributed by atoms with Crippen molar-refractivity contribution in [1.82, 2.24) is 10.0 Å². The molecule has 0 saturated heterocycles. The van der Waals surface area contributed by atoms with Crippen LogP contribution in [0.25, 0.3) is 0 Å². The van der Waals surface area contributed by atoms with Gasteiger partial charge in [-0.25, -0.2) is 13.1 Å². The maximum Gasteiger partial charge on any atom is 0.240 e. The number of hydrogen-bond donors (Lipinski definition) is 2. The summed E-state index contributed by atoms with van der Waals surface area (Å²) >= 11 is 0. The number of nitrogens with one attached hydrogen (secondary N) is 2. The lowest BCUT2D eigenvalue weighted by molar-refractivity contribution is 0.510. The second kappa shape index (κ2) is 8.39. The lowest BCUT2D eigenvalue weighted by Gasteiger charge is -2.16. The molecule has 1 rings (SSSR count). The lowest BCUT2D eigenvalue weighted by Crippen LogP contribution is -2.30. The van der Waals surface area contributed by atoms with Crippen molar-refractivity contribution in [2.45, 2.75) is 51.0 Å². The van der Waals surface area contributed by atoms with E-state index in [0.717, 1.165) is 31.4 Å². The Labute approximate surface area is 123 Å². The van der Waals surface area contributed by atoms with Crippen molar-refractivity contribution in [3.8, 4) is 0 Å². The molecule has 0 radical (unpaired) electrons. The van der Waals surface area contributed by atoms with Crippen molar-refractivity contribution in [2.24, 2.45) is 0 Å². The Morgan fingerprint density at radius 2 is 1.75 bits per heavy atom. The van der Waals surface area contributed by atoms with Crippen LogP contribution in [0.15, 0.2) is 29.2 Å². The zero-order valence-electron chi connectivity index (χ0n) is 12.6. The normalized spacial score (nSPS) is 13.3. The highest BCUT2D eigenvalue weighted by Crippen LogP contribution is 2.12. The van der Waals surface area contributed by atoms with Gasteiger partial charge in [-0.1, -0.05) is 32.9 Å². The van der Waals surface area contributed by atoms with E-state index in [4.69, 9.17) is 0 Å². The third-order valence-electron chi connectivity index (χ3n) is 3.24. The van der Waals surface area contributed by atoms with Crippen LogP contribution in [0.5, 0.6) is 0 Å². The Morgan fingerprint density at radius 3 is 2.25 bits per heavy atom. The molecule has 1 unspecified atom stereocenters. The van der Waals surface area contributed by atoms with E-state index in [1.54, 1.807) is 12.1 Å². The Morgan fingerprint density at radius 1 is 1.10 bits per heavy atom. The van der Waals surface area contributed by atoms with Crippen molar-refractivity contribution in [1.29, 1.82) is 0 Å². The summed E-state index contributed by atoms with van der Waals surface area (Å²) < 4.78 is 26.5. The maximum atomic E-state index is 12.0. The summed E-state index contributed by atoms with van der Waals surface area (Å²) in [5.41, 5.74) is 1.16. The molecule has 0 aliphatic rings. The molecule has 0 aliphatic heterocycles. The van der Waals surface area contributed by atoms with E-state index in [1.165, 1.54) is 0 Å². The lowest BCUT2D eigenvalue weighted by atomic mass is 10.0. The zero-order chi connectivity index (χ0) is 15.0. The van der Waals surface area contributed by atoms with Gasteiger partial charge in [0.15, 0.2) is 0 Å². The fraction of sp³-hybridized carbons (Fsp3) is 0.600. The van der Waals surface area contributed by atoms with Gasteiger partial charge in [-0.3, -0.25) is 0 Å². The molecule has 0 spiro atoms. The topological polar surface area (TPSA) is 58.2 Å². The van der Waals surface area contributed by atoms with Gasteiger partial charge in [0.25, 0.3) is 0 Å². The largest absolute Gasteiger partial charge is 0.314 e. The zero-order valence-corrected chi connectivity index (χ0v) is 13.5. The fourth-order valence-corrected chi connectivity index (χ4v) is 3.19. The first-order chi connectivity index (χ1) is 9.53. The van der Waals surface area contributed by atoms with Crippen LogP contribution < -0.4 is 10.0 Å². The van der Waals surface area contributed by atoms with Crippen molar-refractivity contribution in [2.75, 3.05) is 13.1 Å². The summed E-state index contributed by atoms with van der Waals surface area (Å²) in [5.74, 6) is 0. The van der Waals surface area contributed by atoms with Crippen LogP contribution in [0.2, 0.25) is 0 Å². The number of benzene rings is 1. The van der Waals surface area contributed by atoms with E-state index in [2.05, 4.69) is 23.9 Å². The molecule has 4 nitrogen and oxygen atoms in total. The quantitative estimate of drug-likeness (QED) is 0.735. The SMILES string of the molecule is CCCNS(=O)(=O)c1ccc(CC(CC)NCC)cc1. The predicted octanol–water partition coefficient (Wildman–Crippen LogP) is 2.31. The first-order valence-corrected chi connectivity index (χ1v) is 8.83. The summed E-state index contributed by atoms with van der Waals surface area (Å²) in [7, 11) is -3.35. The fourth-order valence-electron chi connectivity index (χ4n) is 2.06. The number of hydrogen-bond acceptors (Lipinski definition) is 3. The van der Waals surface area contributed by atoms with E-state index < -0.39 is 10.0 Å². The van der Waals surface area contributed by atoms with Crippen LogP contribution in [0.4, 0.5) is 0 Å². The summed E-state index contributed by atoms with van der Waals surface area (Å²) in [6.45, 7) is 7.62. The van der Waals surface area contributed by atoms with Crippen molar-refractivity contribution >= 4 is 10.0 Å². The summed E-state index contributed by atoms with van der Waals surface area (Å²) in [6, 6.07) is 7.62. The van der Waals surface area contributed by atoms with Gasteiger partial charge in [0.1, 0.15) is 0 Å². The Balaban J connectivity index is 2.73. The van der Waals surface area contributed by atoms with Crippen molar-refractivity contribution < 1.29 is 8.42 Å². The molecule has 2 N–H and O–H groups in total. The summed E-state index contributed by atoms with van der Waals surface area (Å²) in [5, 5.41) is 3.42. The molecule has 0 aliphatic carbocycles. The van der Waals surface area contributed by atoms with Crippen LogP contribution in [0.3, 0.4) is 0 Å². The number of rotatable bonds is 9. The molecule has 0 aromatic heterocycles. The van der Waals surface area contributed by atoms with Gasteiger partial charge in [-0.15, -0.1) is 0 Å². The first kappa shape index (κ1) is 17.1. The molecule has 114 valence electrons. The molecular formula is C15H26N2O2S. The monoisotopic (exact) mass is 298 g/mol. The van der Waals surface area contributed by atoms with Gasteiger partial charge in [-0.05, 0) is 43.5 Å². The standard InChI is InChI=1S/C15H26N2O2S/c1-4-11-17-20(18,19)15-9-7-13(8-10-15)12-14(5-2)16-6-3/h7-10,14,16-17H,4-6,11-12H2,1-3H3. The van der Waals surface area contributed by atoms with E-state index in [-0.39, 0.29) is 0 Å². The number of sulfonamides is 1. The third kappa shape index (κ3) is 5.23. The van der Waals surface area contributed by atoms with Gasteiger partial charge in [0.05, 0.1) is 4.90 Å². The van der Waals surface area contributed by atoms with Crippen LogP contribution >= 0.6 is 0 Å². The highest BCUT2D eigenvalue weighted by Gasteiger charge is 2.13. The average Bonchev–Trinajstić information content (AvgIpc) is 2.45. The van der Waals surface area contributed by atoms with E-state index >= 15 is 0 Å². The van der Waals surface area contributed by atoms with Crippen LogP contribution in [-0.2, 0) is 16.4 Å². The molecule has 0 fully saturated rings. The second-order valence-corrected chi connectivity index (χ2v) is 6.68. The molecule has 0 bridgehead atoms. The molecule has 0 saturated carbocycles. The van der Waals surface area contributed by atoms with Gasteiger partial charge >= 0.3 is 0 Å². The predicted molar refractivity (Wildman–Crippen MR) is 83.4 cm³/mol. The molecule has 0 amide bonds. The van der Waals surface area contributed by atoms with Crippen LogP contribution in [-0.4, -0.2) is 27.5 Å². The summed E-state index contributed by atoms with van der Waals surface area (Å²) in [4.78, 5) is 0.339. The molecule has 20 heavy (non-hydrogen) atoms. The Bertz CT molecular complexity index is 483. The highest BCUT2D eigenvalue weighted by atomic mass is 32.2. The Hall–Kier alpha value is -0.910. The molecule has 1 atom stereocenters. The van der Waals surface area contributed by atoms with Crippen LogP contribution in [0.1, 0.15) is 39.2 Å². The third-order valence-corrected chi connectivity index (χ3v) is 4.72. The van der Waals surface area contributed by atoms with Crippen LogP contribution in [0, 0.1) is 0 Å². The molecule has 5 heteroatoms. The average molecular weight is 298 g/mol. The van der Waals surface area contributed by atoms with E-state index in [0.29, 0.717) is 17.5 Å². The van der Waals surface area contributed by atoms with Gasteiger partial charge < -0.3 is 5.32 Å².